The maximum absolute atomic E-state index is 12.0. The summed E-state index contributed by atoms with van der Waals surface area (Å²) in [6, 6.07) is 5.16. The molecule has 6 nitrogen and oxygen atoms in total. The van der Waals surface area contributed by atoms with Crippen molar-refractivity contribution in [3.8, 4) is 0 Å². The Morgan fingerprint density at radius 3 is 2.39 bits per heavy atom. The predicted molar refractivity (Wildman–Crippen MR) is 69.7 cm³/mol. The highest BCUT2D eigenvalue weighted by atomic mass is 16.2. The Morgan fingerprint density at radius 1 is 1.28 bits per heavy atom. The number of hydrogen-bond donors (Lipinski definition) is 4. The number of primary amides is 1. The number of carbonyl (C=O) groups is 2. The van der Waals surface area contributed by atoms with Gasteiger partial charge in [0, 0.05) is 0 Å². The van der Waals surface area contributed by atoms with E-state index in [1.807, 2.05) is 6.92 Å². The number of hydrogen-bond acceptors (Lipinski definition) is 4. The van der Waals surface area contributed by atoms with E-state index in [-0.39, 0.29) is 0 Å². The van der Waals surface area contributed by atoms with Crippen LogP contribution in [0.3, 0.4) is 0 Å². The van der Waals surface area contributed by atoms with Gasteiger partial charge < -0.3 is 16.5 Å². The van der Waals surface area contributed by atoms with Crippen LogP contribution in [0.25, 0.3) is 0 Å². The van der Waals surface area contributed by atoms with Crippen molar-refractivity contribution >= 4 is 17.5 Å². The molecule has 18 heavy (non-hydrogen) atoms. The van der Waals surface area contributed by atoms with Crippen LogP contribution in [0.1, 0.15) is 29.8 Å². The van der Waals surface area contributed by atoms with Gasteiger partial charge in [0.2, 0.25) is 5.91 Å². The van der Waals surface area contributed by atoms with E-state index in [0.717, 1.165) is 5.56 Å². The van der Waals surface area contributed by atoms with Gasteiger partial charge in [-0.1, -0.05) is 6.07 Å². The van der Waals surface area contributed by atoms with E-state index in [1.165, 1.54) is 13.8 Å². The van der Waals surface area contributed by atoms with Gasteiger partial charge in [-0.25, -0.2) is 0 Å². The summed E-state index contributed by atoms with van der Waals surface area (Å²) in [5, 5.41) is 2.56. The highest BCUT2D eigenvalue weighted by molar-refractivity contribution is 6.02. The van der Waals surface area contributed by atoms with Crippen LogP contribution in [-0.4, -0.2) is 17.4 Å². The van der Waals surface area contributed by atoms with E-state index in [0.29, 0.717) is 11.3 Å². The Labute approximate surface area is 106 Å². The van der Waals surface area contributed by atoms with Crippen molar-refractivity contribution in [1.82, 2.24) is 5.32 Å². The minimum Gasteiger partial charge on any atom is -0.368 e. The Kier molecular flexibility index (Phi) is 3.93. The van der Waals surface area contributed by atoms with E-state index in [9.17, 15) is 9.59 Å². The highest BCUT2D eigenvalue weighted by Crippen LogP contribution is 2.17. The maximum Gasteiger partial charge on any atom is 0.254 e. The second-order valence-electron chi connectivity index (χ2n) is 4.64. The molecule has 0 unspecified atom stereocenters. The number of amides is 2. The Bertz CT molecular complexity index is 483. The van der Waals surface area contributed by atoms with Gasteiger partial charge in [-0.15, -0.1) is 0 Å². The molecule has 1 rings (SSSR count). The summed E-state index contributed by atoms with van der Waals surface area (Å²) in [6.45, 7) is 4.96. The van der Waals surface area contributed by atoms with Crippen LogP contribution >= 0.6 is 0 Å². The van der Waals surface area contributed by atoms with E-state index < -0.39 is 17.4 Å². The highest BCUT2D eigenvalue weighted by Gasteiger charge is 2.28. The number of aryl methyl sites for hydroxylation is 1. The molecular formula is C12H18N4O2. The Morgan fingerprint density at radius 2 is 1.89 bits per heavy atom. The van der Waals surface area contributed by atoms with Gasteiger partial charge in [-0.2, -0.15) is 0 Å². The number of hydrazine groups is 1. The minimum atomic E-state index is -1.12. The van der Waals surface area contributed by atoms with Crippen molar-refractivity contribution in [2.75, 3.05) is 5.43 Å². The van der Waals surface area contributed by atoms with E-state index in [1.54, 1.807) is 18.2 Å². The van der Waals surface area contributed by atoms with E-state index in [4.69, 9.17) is 11.6 Å². The summed E-state index contributed by atoms with van der Waals surface area (Å²) in [6.07, 6.45) is 0. The summed E-state index contributed by atoms with van der Waals surface area (Å²) >= 11 is 0. The van der Waals surface area contributed by atoms with Gasteiger partial charge in [0.25, 0.3) is 5.91 Å². The summed E-state index contributed by atoms with van der Waals surface area (Å²) in [5.74, 6) is 4.34. The SMILES string of the molecule is Cc1ccc(C(=O)NC(C)(C)C(N)=O)c(NN)c1. The van der Waals surface area contributed by atoms with Crippen LogP contribution in [0, 0.1) is 6.92 Å². The van der Waals surface area contributed by atoms with Crippen LogP contribution in [0.2, 0.25) is 0 Å². The minimum absolute atomic E-state index is 0.359. The molecule has 0 saturated carbocycles. The van der Waals surface area contributed by atoms with Crippen LogP contribution < -0.4 is 22.3 Å². The number of anilines is 1. The molecule has 0 aliphatic heterocycles. The molecule has 1 aromatic carbocycles. The third kappa shape index (κ3) is 2.98. The number of nitrogens with two attached hydrogens (primary N) is 2. The lowest BCUT2D eigenvalue weighted by Crippen LogP contribution is -2.53. The van der Waals surface area contributed by atoms with Crippen molar-refractivity contribution in [3.63, 3.8) is 0 Å². The second kappa shape index (κ2) is 5.05. The number of rotatable bonds is 4. The van der Waals surface area contributed by atoms with E-state index in [2.05, 4.69) is 10.7 Å². The topological polar surface area (TPSA) is 110 Å². The molecule has 0 atom stereocenters. The fourth-order valence-electron chi connectivity index (χ4n) is 1.39. The first-order valence-electron chi connectivity index (χ1n) is 5.47. The lowest BCUT2D eigenvalue weighted by Gasteiger charge is -2.23. The van der Waals surface area contributed by atoms with E-state index >= 15 is 0 Å². The average molecular weight is 250 g/mol. The van der Waals surface area contributed by atoms with Crippen LogP contribution in [0.15, 0.2) is 18.2 Å². The molecule has 0 bridgehead atoms. The molecule has 0 spiro atoms. The molecule has 0 aliphatic rings. The predicted octanol–water partition coefficient (Wildman–Crippen LogP) is 0.274. The molecule has 1 aromatic rings. The van der Waals surface area contributed by atoms with Crippen molar-refractivity contribution in [1.29, 1.82) is 0 Å². The van der Waals surface area contributed by atoms with Gasteiger partial charge in [0.05, 0.1) is 11.3 Å². The molecule has 0 radical (unpaired) electrons. The third-order valence-electron chi connectivity index (χ3n) is 2.62. The van der Waals surface area contributed by atoms with Crippen LogP contribution in [-0.2, 0) is 4.79 Å². The quantitative estimate of drug-likeness (QED) is 0.454. The number of nitrogen functional groups attached to an aromatic ring is 1. The zero-order chi connectivity index (χ0) is 13.9. The van der Waals surface area contributed by atoms with Crippen molar-refractivity contribution in [2.45, 2.75) is 26.3 Å². The Balaban J connectivity index is 3.01. The van der Waals surface area contributed by atoms with Gasteiger partial charge in [-0.05, 0) is 38.5 Å². The van der Waals surface area contributed by atoms with Crippen molar-refractivity contribution < 1.29 is 9.59 Å². The first kappa shape index (κ1) is 14.0. The molecule has 0 fully saturated rings. The number of nitrogens with one attached hydrogen (secondary N) is 2. The molecule has 6 N–H and O–H groups in total. The van der Waals surface area contributed by atoms with Crippen LogP contribution in [0.5, 0.6) is 0 Å². The normalized spacial score (nSPS) is 10.9. The summed E-state index contributed by atoms with van der Waals surface area (Å²) in [4.78, 5) is 23.2. The molecule has 0 aliphatic carbocycles. The zero-order valence-electron chi connectivity index (χ0n) is 10.7. The zero-order valence-corrected chi connectivity index (χ0v) is 10.7. The first-order valence-corrected chi connectivity index (χ1v) is 5.47. The van der Waals surface area contributed by atoms with Gasteiger partial charge in [-0.3, -0.25) is 15.4 Å². The van der Waals surface area contributed by atoms with Gasteiger partial charge in [0.1, 0.15) is 5.54 Å². The van der Waals surface area contributed by atoms with Gasteiger partial charge in [0.15, 0.2) is 0 Å². The summed E-state index contributed by atoms with van der Waals surface area (Å²) in [7, 11) is 0. The van der Waals surface area contributed by atoms with Crippen molar-refractivity contribution in [2.24, 2.45) is 11.6 Å². The molecule has 98 valence electrons. The summed E-state index contributed by atoms with van der Waals surface area (Å²) < 4.78 is 0. The number of benzene rings is 1. The Hall–Kier alpha value is -2.08. The average Bonchev–Trinajstić information content (AvgIpc) is 2.27. The third-order valence-corrected chi connectivity index (χ3v) is 2.62. The fraction of sp³-hybridized carbons (Fsp3) is 0.333. The first-order chi connectivity index (χ1) is 8.27. The maximum atomic E-state index is 12.0. The lowest BCUT2D eigenvalue weighted by atomic mass is 10.0. The monoisotopic (exact) mass is 250 g/mol. The molecule has 0 saturated heterocycles. The lowest BCUT2D eigenvalue weighted by molar-refractivity contribution is -0.122. The van der Waals surface area contributed by atoms with Crippen LogP contribution in [0.4, 0.5) is 5.69 Å². The molecule has 0 aromatic heterocycles. The largest absolute Gasteiger partial charge is 0.368 e. The molecule has 6 heteroatoms. The molecule has 0 heterocycles. The number of carbonyl (C=O) groups excluding carboxylic acids is 2. The molecular weight excluding hydrogens is 232 g/mol. The smallest absolute Gasteiger partial charge is 0.254 e. The fourth-order valence-corrected chi connectivity index (χ4v) is 1.39. The van der Waals surface area contributed by atoms with Gasteiger partial charge >= 0.3 is 0 Å². The second-order valence-corrected chi connectivity index (χ2v) is 4.64. The molecule has 2 amide bonds. The standard InChI is InChI=1S/C12H18N4O2/c1-7-4-5-8(9(6-7)16-14)10(17)15-12(2,3)11(13)18/h4-6,16H,14H2,1-3H3,(H2,13,18)(H,15,17). The van der Waals surface area contributed by atoms with Crippen molar-refractivity contribution in [3.05, 3.63) is 29.3 Å². The summed E-state index contributed by atoms with van der Waals surface area (Å²) in [5.41, 5.74) is 8.35.